The Morgan fingerprint density at radius 1 is 1.23 bits per heavy atom. The second kappa shape index (κ2) is 8.49. The summed E-state index contributed by atoms with van der Waals surface area (Å²) in [7, 11) is 0. The van der Waals surface area contributed by atoms with Gasteiger partial charge in [-0.15, -0.1) is 0 Å². The van der Waals surface area contributed by atoms with E-state index in [1.165, 1.54) is 0 Å². The first kappa shape index (κ1) is 21.0. The number of anilines is 1. The molecule has 0 spiro atoms. The minimum absolute atomic E-state index is 0.0866. The molecule has 1 saturated carbocycles. The van der Waals surface area contributed by atoms with Crippen molar-refractivity contribution in [3.63, 3.8) is 0 Å². The number of amides is 2. The first-order valence-electron chi connectivity index (χ1n) is 10.9. The second-order valence-corrected chi connectivity index (χ2v) is 8.60. The number of rotatable bonds is 7. The number of pyridine rings is 1. The molecule has 7 nitrogen and oxygen atoms in total. The number of hydrogen-bond donors (Lipinski definition) is 2. The van der Waals surface area contributed by atoms with Crippen LogP contribution in [0.1, 0.15) is 66.3 Å². The van der Waals surface area contributed by atoms with Gasteiger partial charge in [0, 0.05) is 40.8 Å². The lowest BCUT2D eigenvalue weighted by atomic mass is 10.0. The molecular formula is C24H29N5O2. The molecule has 162 valence electrons. The third-order valence-electron chi connectivity index (χ3n) is 5.75. The summed E-state index contributed by atoms with van der Waals surface area (Å²) in [4.78, 5) is 29.6. The molecule has 0 saturated heterocycles. The van der Waals surface area contributed by atoms with Crippen molar-refractivity contribution in [1.82, 2.24) is 20.1 Å². The monoisotopic (exact) mass is 419 g/mol. The van der Waals surface area contributed by atoms with Gasteiger partial charge in [-0.25, -0.2) is 9.67 Å². The average Bonchev–Trinajstić information content (AvgIpc) is 3.43. The Bertz CT molecular complexity index is 1140. The number of benzene rings is 1. The number of aryl methyl sites for hydroxylation is 2. The number of fused-ring (bicyclic) bond motifs is 1. The zero-order chi connectivity index (χ0) is 22.1. The highest BCUT2D eigenvalue weighted by Crippen LogP contribution is 2.25. The molecule has 3 aromatic rings. The minimum Gasteiger partial charge on any atom is -0.349 e. The average molecular weight is 420 g/mol. The van der Waals surface area contributed by atoms with Gasteiger partial charge in [-0.05, 0) is 76.3 Å². The lowest BCUT2D eigenvalue weighted by Crippen LogP contribution is -2.25. The van der Waals surface area contributed by atoms with Crippen molar-refractivity contribution in [3.8, 4) is 0 Å². The highest BCUT2D eigenvalue weighted by Gasteiger charge is 2.24. The molecule has 31 heavy (non-hydrogen) atoms. The summed E-state index contributed by atoms with van der Waals surface area (Å²) in [6.07, 6.45) is 4.88. The molecule has 0 bridgehead atoms. The van der Waals surface area contributed by atoms with Crippen LogP contribution in [0.3, 0.4) is 0 Å². The van der Waals surface area contributed by atoms with Crippen LogP contribution in [0, 0.1) is 13.8 Å². The molecule has 7 heteroatoms. The van der Waals surface area contributed by atoms with Crippen LogP contribution in [0.4, 0.5) is 5.69 Å². The Hall–Kier alpha value is -3.22. The lowest BCUT2D eigenvalue weighted by Gasteiger charge is -2.13. The lowest BCUT2D eigenvalue weighted by molar-refractivity contribution is -0.116. The quantitative estimate of drug-likeness (QED) is 0.604. The van der Waals surface area contributed by atoms with Crippen molar-refractivity contribution in [2.45, 2.75) is 65.5 Å². The molecule has 1 aromatic carbocycles. The number of nitrogens with zero attached hydrogens (tertiary/aromatic N) is 3. The maximum absolute atomic E-state index is 12.6. The van der Waals surface area contributed by atoms with Gasteiger partial charge < -0.3 is 10.6 Å². The van der Waals surface area contributed by atoms with Crippen LogP contribution < -0.4 is 10.6 Å². The van der Waals surface area contributed by atoms with Crippen LogP contribution >= 0.6 is 0 Å². The Balaban J connectivity index is 1.43. The van der Waals surface area contributed by atoms with E-state index in [9.17, 15) is 9.59 Å². The molecule has 2 heterocycles. The van der Waals surface area contributed by atoms with E-state index in [-0.39, 0.29) is 17.9 Å². The van der Waals surface area contributed by atoms with Gasteiger partial charge in [0.25, 0.3) is 5.91 Å². The molecular weight excluding hydrogens is 390 g/mol. The van der Waals surface area contributed by atoms with Crippen LogP contribution in [-0.2, 0) is 11.2 Å². The zero-order valence-corrected chi connectivity index (χ0v) is 18.5. The summed E-state index contributed by atoms with van der Waals surface area (Å²) in [5, 5.41) is 11.4. The fraction of sp³-hybridized carbons (Fsp3) is 0.417. The molecule has 0 radical (unpaired) electrons. The van der Waals surface area contributed by atoms with Crippen molar-refractivity contribution in [2.24, 2.45) is 0 Å². The maximum atomic E-state index is 12.6. The van der Waals surface area contributed by atoms with E-state index in [4.69, 9.17) is 4.98 Å². The fourth-order valence-electron chi connectivity index (χ4n) is 3.83. The normalized spacial score (nSPS) is 13.6. The van der Waals surface area contributed by atoms with E-state index in [1.54, 1.807) is 24.3 Å². The van der Waals surface area contributed by atoms with Gasteiger partial charge in [0.15, 0.2) is 5.65 Å². The minimum atomic E-state index is -0.0915. The fourth-order valence-corrected chi connectivity index (χ4v) is 3.83. The van der Waals surface area contributed by atoms with Gasteiger partial charge >= 0.3 is 0 Å². The largest absolute Gasteiger partial charge is 0.349 e. The summed E-state index contributed by atoms with van der Waals surface area (Å²) in [5.41, 5.74) is 5.23. The first-order chi connectivity index (χ1) is 14.8. The summed E-state index contributed by atoms with van der Waals surface area (Å²) < 4.78 is 1.93. The van der Waals surface area contributed by atoms with E-state index in [0.717, 1.165) is 40.7 Å². The third kappa shape index (κ3) is 4.60. The number of hydrogen-bond acceptors (Lipinski definition) is 4. The Morgan fingerprint density at radius 3 is 2.71 bits per heavy atom. The summed E-state index contributed by atoms with van der Waals surface area (Å²) >= 11 is 0. The SMILES string of the molecule is Cc1nc2c(cnn2C(C)C)c(C)c1CCC(=O)Nc1cccc(C(=O)NC2CC2)c1. The summed E-state index contributed by atoms with van der Waals surface area (Å²) in [6, 6.07) is 7.61. The number of carbonyl (C=O) groups is 2. The van der Waals surface area contributed by atoms with E-state index in [0.29, 0.717) is 30.1 Å². The summed E-state index contributed by atoms with van der Waals surface area (Å²) in [6.45, 7) is 8.22. The van der Waals surface area contributed by atoms with Crippen LogP contribution in [-0.4, -0.2) is 32.6 Å². The molecule has 2 amide bonds. The van der Waals surface area contributed by atoms with Gasteiger partial charge in [-0.1, -0.05) is 6.07 Å². The number of aromatic nitrogens is 3. The Kier molecular flexibility index (Phi) is 5.76. The molecule has 1 aliphatic carbocycles. The van der Waals surface area contributed by atoms with Crippen LogP contribution in [0.25, 0.3) is 11.0 Å². The molecule has 2 N–H and O–H groups in total. The van der Waals surface area contributed by atoms with Crippen LogP contribution in [0.15, 0.2) is 30.5 Å². The topological polar surface area (TPSA) is 88.9 Å². The highest BCUT2D eigenvalue weighted by atomic mass is 16.2. The second-order valence-electron chi connectivity index (χ2n) is 8.60. The Labute approximate surface area is 182 Å². The van der Waals surface area contributed by atoms with Crippen molar-refractivity contribution >= 4 is 28.5 Å². The number of nitrogens with one attached hydrogen (secondary N) is 2. The molecule has 1 aliphatic rings. The van der Waals surface area contributed by atoms with Crippen molar-refractivity contribution in [2.75, 3.05) is 5.32 Å². The van der Waals surface area contributed by atoms with Crippen molar-refractivity contribution in [1.29, 1.82) is 0 Å². The first-order valence-corrected chi connectivity index (χ1v) is 10.9. The maximum Gasteiger partial charge on any atom is 0.251 e. The van der Waals surface area contributed by atoms with Gasteiger partial charge in [0.2, 0.25) is 5.91 Å². The third-order valence-corrected chi connectivity index (χ3v) is 5.75. The van der Waals surface area contributed by atoms with Crippen molar-refractivity contribution < 1.29 is 9.59 Å². The van der Waals surface area contributed by atoms with Gasteiger partial charge in [0.05, 0.1) is 6.20 Å². The molecule has 0 aliphatic heterocycles. The van der Waals surface area contributed by atoms with E-state index in [1.807, 2.05) is 17.8 Å². The van der Waals surface area contributed by atoms with E-state index in [2.05, 4.69) is 36.5 Å². The van der Waals surface area contributed by atoms with Gasteiger partial charge in [-0.3, -0.25) is 9.59 Å². The predicted octanol–water partition coefficient (Wildman–Crippen LogP) is 4.09. The molecule has 2 aromatic heterocycles. The predicted molar refractivity (Wildman–Crippen MR) is 121 cm³/mol. The number of carbonyl (C=O) groups excluding carboxylic acids is 2. The van der Waals surface area contributed by atoms with Gasteiger partial charge in [0.1, 0.15) is 0 Å². The molecule has 0 atom stereocenters. The highest BCUT2D eigenvalue weighted by molar-refractivity contribution is 5.97. The van der Waals surface area contributed by atoms with E-state index < -0.39 is 0 Å². The smallest absolute Gasteiger partial charge is 0.251 e. The van der Waals surface area contributed by atoms with Crippen molar-refractivity contribution in [3.05, 3.63) is 52.8 Å². The van der Waals surface area contributed by atoms with E-state index >= 15 is 0 Å². The van der Waals surface area contributed by atoms with Crippen LogP contribution in [0.5, 0.6) is 0 Å². The summed E-state index contributed by atoms with van der Waals surface area (Å²) in [5.74, 6) is -0.178. The van der Waals surface area contributed by atoms with Crippen LogP contribution in [0.2, 0.25) is 0 Å². The molecule has 4 rings (SSSR count). The molecule has 0 unspecified atom stereocenters. The molecule has 1 fully saturated rings. The standard InChI is InChI=1S/C24H29N5O2/c1-14(2)29-23-21(13-25-29)15(3)20(16(4)26-23)10-11-22(30)27-19-7-5-6-17(12-19)24(31)28-18-8-9-18/h5-7,12-14,18H,8-11H2,1-4H3,(H,27,30)(H,28,31). The zero-order valence-electron chi connectivity index (χ0n) is 18.5. The Morgan fingerprint density at radius 2 is 2.00 bits per heavy atom. The van der Waals surface area contributed by atoms with Gasteiger partial charge in [-0.2, -0.15) is 5.10 Å².